The van der Waals surface area contributed by atoms with Crippen LogP contribution in [0.1, 0.15) is 49.3 Å². The third-order valence-corrected chi connectivity index (χ3v) is 5.79. The van der Waals surface area contributed by atoms with Gasteiger partial charge in [0.1, 0.15) is 6.10 Å². The van der Waals surface area contributed by atoms with Crippen molar-refractivity contribution in [1.29, 1.82) is 0 Å². The summed E-state index contributed by atoms with van der Waals surface area (Å²) in [6, 6.07) is 8.38. The topological polar surface area (TPSA) is 66.0 Å². The molecule has 0 aromatic heterocycles. The highest BCUT2D eigenvalue weighted by Crippen LogP contribution is 2.27. The Kier molecular flexibility index (Phi) is 10.2. The zero-order valence-electron chi connectivity index (χ0n) is 17.7. The van der Waals surface area contributed by atoms with Crippen LogP contribution in [-0.2, 0) is 9.53 Å². The zero-order valence-corrected chi connectivity index (χ0v) is 20.0. The van der Waals surface area contributed by atoms with Crippen molar-refractivity contribution in [2.75, 3.05) is 39.8 Å². The number of benzene rings is 1. The van der Waals surface area contributed by atoms with Crippen LogP contribution in [0.25, 0.3) is 0 Å². The van der Waals surface area contributed by atoms with Crippen LogP contribution in [0.15, 0.2) is 29.3 Å². The number of guanidine groups is 1. The summed E-state index contributed by atoms with van der Waals surface area (Å²) in [7, 11) is 1.80. The predicted octanol–water partition coefficient (Wildman–Crippen LogP) is 3.26. The summed E-state index contributed by atoms with van der Waals surface area (Å²) in [5.41, 5.74) is 2.49. The first-order valence-corrected chi connectivity index (χ1v) is 10.6. The highest BCUT2D eigenvalue weighted by Gasteiger charge is 2.25. The number of carbonyl (C=O) groups excluding carboxylic acids is 1. The van der Waals surface area contributed by atoms with Crippen LogP contribution in [0, 0.1) is 12.8 Å². The van der Waals surface area contributed by atoms with Gasteiger partial charge in [-0.2, -0.15) is 0 Å². The van der Waals surface area contributed by atoms with Gasteiger partial charge < -0.3 is 20.3 Å². The molecule has 1 aromatic rings. The van der Waals surface area contributed by atoms with Crippen LogP contribution in [0.2, 0.25) is 0 Å². The molecule has 2 N–H and O–H groups in total. The maximum absolute atomic E-state index is 12.1. The quantitative estimate of drug-likeness (QED) is 0.265. The second kappa shape index (κ2) is 12.4. The molecule has 1 aliphatic heterocycles. The number of aliphatic imine (C=N–C) groups is 1. The Morgan fingerprint density at radius 2 is 1.93 bits per heavy atom. The van der Waals surface area contributed by atoms with E-state index in [0.29, 0.717) is 32.0 Å². The van der Waals surface area contributed by atoms with Crippen LogP contribution in [0.5, 0.6) is 0 Å². The first-order valence-electron chi connectivity index (χ1n) is 10.6. The molecule has 1 amide bonds. The largest absolute Gasteiger partial charge is 0.370 e. The second-order valence-corrected chi connectivity index (χ2v) is 7.84. The number of nitrogens with zero attached hydrogens (tertiary/aromatic N) is 2. The third kappa shape index (κ3) is 7.13. The van der Waals surface area contributed by atoms with Gasteiger partial charge in [-0.1, -0.05) is 37.1 Å². The monoisotopic (exact) mass is 514 g/mol. The van der Waals surface area contributed by atoms with Gasteiger partial charge >= 0.3 is 0 Å². The van der Waals surface area contributed by atoms with E-state index in [0.717, 1.165) is 19.0 Å². The predicted molar refractivity (Wildman–Crippen MR) is 128 cm³/mol. The number of nitrogens with one attached hydrogen (secondary N) is 2. The van der Waals surface area contributed by atoms with Crippen molar-refractivity contribution < 1.29 is 9.53 Å². The van der Waals surface area contributed by atoms with Gasteiger partial charge in [0.15, 0.2) is 5.96 Å². The molecule has 0 radical (unpaired) electrons. The van der Waals surface area contributed by atoms with E-state index in [1.54, 1.807) is 7.05 Å². The molecule has 1 atom stereocenters. The van der Waals surface area contributed by atoms with E-state index in [1.807, 2.05) is 0 Å². The van der Waals surface area contributed by atoms with Gasteiger partial charge in [0, 0.05) is 33.1 Å². The summed E-state index contributed by atoms with van der Waals surface area (Å²) in [6.45, 7) is 5.69. The lowest BCUT2D eigenvalue weighted by Gasteiger charge is -2.35. The Morgan fingerprint density at radius 1 is 1.21 bits per heavy atom. The molecule has 0 bridgehead atoms. The van der Waals surface area contributed by atoms with Gasteiger partial charge in [-0.15, -0.1) is 24.0 Å². The molecule has 29 heavy (non-hydrogen) atoms. The number of ether oxygens (including phenoxy) is 1. The minimum Gasteiger partial charge on any atom is -0.370 e. The van der Waals surface area contributed by atoms with Crippen molar-refractivity contribution in [3.63, 3.8) is 0 Å². The molecule has 162 valence electrons. The number of amides is 1. The SMILES string of the molecule is CN=C(NCCNC(=O)CC1CCCC1)N1CCOC(c2ccccc2C)C1.I. The average Bonchev–Trinajstić information content (AvgIpc) is 3.21. The fourth-order valence-electron chi connectivity index (χ4n) is 4.24. The van der Waals surface area contributed by atoms with Crippen LogP contribution < -0.4 is 10.6 Å². The highest BCUT2D eigenvalue weighted by atomic mass is 127. The standard InChI is InChI=1S/C22H34N4O2.HI/c1-17-7-3-6-10-19(17)20-16-26(13-14-28-20)22(23-2)25-12-11-24-21(27)15-18-8-4-5-9-18;/h3,6-7,10,18,20H,4-5,8-9,11-16H2,1-2H3,(H,23,25)(H,24,27);1H. The Labute approximate surface area is 191 Å². The Balaban J connectivity index is 0.00000300. The summed E-state index contributed by atoms with van der Waals surface area (Å²) in [4.78, 5) is 18.7. The van der Waals surface area contributed by atoms with Crippen LogP contribution in [-0.4, -0.2) is 56.6 Å². The average molecular weight is 514 g/mol. The summed E-state index contributed by atoms with van der Waals surface area (Å²) < 4.78 is 6.01. The molecule has 1 aromatic carbocycles. The van der Waals surface area contributed by atoms with Crippen molar-refractivity contribution in [3.8, 4) is 0 Å². The van der Waals surface area contributed by atoms with Crippen LogP contribution >= 0.6 is 24.0 Å². The van der Waals surface area contributed by atoms with E-state index in [9.17, 15) is 4.79 Å². The van der Waals surface area contributed by atoms with Gasteiger partial charge in [-0.3, -0.25) is 9.79 Å². The fraction of sp³-hybridized carbons (Fsp3) is 0.636. The lowest BCUT2D eigenvalue weighted by atomic mass is 10.0. The number of hydrogen-bond acceptors (Lipinski definition) is 3. The number of rotatable bonds is 6. The Bertz CT molecular complexity index is 677. The molecule has 6 nitrogen and oxygen atoms in total. The van der Waals surface area contributed by atoms with Gasteiger partial charge in [-0.05, 0) is 36.8 Å². The highest BCUT2D eigenvalue weighted by molar-refractivity contribution is 14.0. The molecule has 1 unspecified atom stereocenters. The summed E-state index contributed by atoms with van der Waals surface area (Å²) in [5.74, 6) is 1.63. The van der Waals surface area contributed by atoms with Gasteiger partial charge in [0.05, 0.1) is 13.2 Å². The molecule has 1 heterocycles. The molecule has 1 saturated heterocycles. The lowest BCUT2D eigenvalue weighted by Crippen LogP contribution is -2.49. The van der Waals surface area contributed by atoms with Crippen molar-refractivity contribution in [2.45, 2.75) is 45.1 Å². The molecule has 2 fully saturated rings. The minimum absolute atomic E-state index is 0. The summed E-state index contributed by atoms with van der Waals surface area (Å²) >= 11 is 0. The maximum atomic E-state index is 12.1. The number of morpholine rings is 1. The van der Waals surface area contributed by atoms with Crippen LogP contribution in [0.3, 0.4) is 0 Å². The second-order valence-electron chi connectivity index (χ2n) is 7.84. The Hall–Kier alpha value is -1.35. The Morgan fingerprint density at radius 3 is 2.66 bits per heavy atom. The van der Waals surface area contributed by atoms with Gasteiger partial charge in [-0.25, -0.2) is 0 Å². The van der Waals surface area contributed by atoms with E-state index in [4.69, 9.17) is 4.74 Å². The van der Waals surface area contributed by atoms with Crippen molar-refractivity contribution in [2.24, 2.45) is 10.9 Å². The number of aryl methyl sites for hydroxylation is 1. The minimum atomic E-state index is 0. The molecule has 3 rings (SSSR count). The molecule has 1 saturated carbocycles. The van der Waals surface area contributed by atoms with Gasteiger partial charge in [0.25, 0.3) is 0 Å². The van der Waals surface area contributed by atoms with Gasteiger partial charge in [0.2, 0.25) is 5.91 Å². The van der Waals surface area contributed by atoms with Crippen molar-refractivity contribution >= 4 is 35.8 Å². The zero-order chi connectivity index (χ0) is 19.8. The molecule has 7 heteroatoms. The summed E-state index contributed by atoms with van der Waals surface area (Å²) in [6.07, 6.45) is 5.70. The molecule has 0 spiro atoms. The van der Waals surface area contributed by atoms with E-state index in [2.05, 4.69) is 51.7 Å². The first-order chi connectivity index (χ1) is 13.7. The number of hydrogen-bond donors (Lipinski definition) is 2. The number of carbonyl (C=O) groups is 1. The van der Waals surface area contributed by atoms with Crippen molar-refractivity contribution in [3.05, 3.63) is 35.4 Å². The van der Waals surface area contributed by atoms with E-state index in [1.165, 1.54) is 36.8 Å². The van der Waals surface area contributed by atoms with Crippen molar-refractivity contribution in [1.82, 2.24) is 15.5 Å². The van der Waals surface area contributed by atoms with Crippen LogP contribution in [0.4, 0.5) is 0 Å². The maximum Gasteiger partial charge on any atom is 0.220 e. The summed E-state index contributed by atoms with van der Waals surface area (Å²) in [5, 5.41) is 6.41. The van der Waals surface area contributed by atoms with E-state index < -0.39 is 0 Å². The van der Waals surface area contributed by atoms with E-state index >= 15 is 0 Å². The molecule has 1 aliphatic carbocycles. The third-order valence-electron chi connectivity index (χ3n) is 5.79. The molecular weight excluding hydrogens is 479 g/mol. The first kappa shape index (κ1) is 23.9. The normalized spacial score (nSPS) is 20.3. The fourth-order valence-corrected chi connectivity index (χ4v) is 4.24. The molecular formula is C22H35IN4O2. The number of halogens is 1. The molecule has 2 aliphatic rings. The smallest absolute Gasteiger partial charge is 0.220 e. The van der Waals surface area contributed by atoms with E-state index in [-0.39, 0.29) is 36.0 Å². The lowest BCUT2D eigenvalue weighted by molar-refractivity contribution is -0.121.